The first-order valence-electron chi connectivity index (χ1n) is 5.47. The first-order valence-corrected chi connectivity index (χ1v) is 5.47. The predicted octanol–water partition coefficient (Wildman–Crippen LogP) is 2.51. The zero-order valence-corrected chi connectivity index (χ0v) is 8.68. The molecule has 1 saturated carbocycles. The van der Waals surface area contributed by atoms with Crippen LogP contribution in [0.4, 0.5) is 8.78 Å². The Labute approximate surface area is 88.5 Å². The van der Waals surface area contributed by atoms with E-state index in [1.165, 1.54) is 6.08 Å². The Bertz CT molecular complexity index is 286. The number of amidine groups is 1. The second-order valence-electron chi connectivity index (χ2n) is 4.28. The van der Waals surface area contributed by atoms with Gasteiger partial charge in [-0.2, -0.15) is 8.78 Å². The molecule has 0 spiro atoms. The summed E-state index contributed by atoms with van der Waals surface area (Å²) in [6.07, 6.45) is 5.02. The van der Waals surface area contributed by atoms with E-state index < -0.39 is 5.92 Å². The summed E-state index contributed by atoms with van der Waals surface area (Å²) in [5.74, 6) is -2.99. The molecule has 0 bridgehead atoms. The van der Waals surface area contributed by atoms with Gasteiger partial charge in [0.15, 0.2) is 5.84 Å². The molecule has 1 aliphatic heterocycles. The van der Waals surface area contributed by atoms with Crippen LogP contribution < -0.4 is 5.32 Å². The third-order valence-corrected chi connectivity index (χ3v) is 3.09. The van der Waals surface area contributed by atoms with Gasteiger partial charge in [-0.15, -0.1) is 6.58 Å². The van der Waals surface area contributed by atoms with Crippen LogP contribution in [0.1, 0.15) is 32.1 Å². The largest absolute Gasteiger partial charge is 0.364 e. The third kappa shape index (κ3) is 2.03. The van der Waals surface area contributed by atoms with Gasteiger partial charge in [-0.05, 0) is 12.8 Å². The molecule has 0 unspecified atom stereocenters. The minimum absolute atomic E-state index is 0.0736. The maximum Gasteiger partial charge on any atom is 0.307 e. The van der Waals surface area contributed by atoms with Crippen molar-refractivity contribution in [3.05, 3.63) is 12.7 Å². The van der Waals surface area contributed by atoms with Crippen molar-refractivity contribution in [1.82, 2.24) is 5.32 Å². The molecule has 0 aromatic rings. The quantitative estimate of drug-likeness (QED) is 0.717. The highest BCUT2D eigenvalue weighted by molar-refractivity contribution is 5.91. The van der Waals surface area contributed by atoms with E-state index in [-0.39, 0.29) is 24.3 Å². The normalized spacial score (nSPS) is 30.4. The molecule has 1 aliphatic carbocycles. The lowest BCUT2D eigenvalue weighted by atomic mass is 9.92. The van der Waals surface area contributed by atoms with Crippen molar-refractivity contribution in [2.75, 3.05) is 0 Å². The monoisotopic (exact) mass is 214 g/mol. The number of hydrogen-bond donors (Lipinski definition) is 1. The molecule has 2 aliphatic rings. The number of fused-ring (bicyclic) bond motifs is 1. The summed E-state index contributed by atoms with van der Waals surface area (Å²) < 4.78 is 27.0. The molecule has 0 aromatic carbocycles. The summed E-state index contributed by atoms with van der Waals surface area (Å²) in [5, 5.41) is 2.87. The van der Waals surface area contributed by atoms with Crippen molar-refractivity contribution in [3.63, 3.8) is 0 Å². The average Bonchev–Trinajstić information content (AvgIpc) is 2.61. The maximum absolute atomic E-state index is 13.5. The van der Waals surface area contributed by atoms with Gasteiger partial charge in [0.25, 0.3) is 0 Å². The topological polar surface area (TPSA) is 24.4 Å². The zero-order chi connectivity index (χ0) is 10.9. The fourth-order valence-corrected chi connectivity index (χ4v) is 2.29. The van der Waals surface area contributed by atoms with Crippen LogP contribution in [-0.2, 0) is 0 Å². The van der Waals surface area contributed by atoms with Crippen LogP contribution in [0, 0.1) is 0 Å². The minimum atomic E-state index is -2.86. The van der Waals surface area contributed by atoms with Crippen molar-refractivity contribution in [1.29, 1.82) is 0 Å². The minimum Gasteiger partial charge on any atom is -0.364 e. The van der Waals surface area contributed by atoms with Gasteiger partial charge in [0.2, 0.25) is 0 Å². The second-order valence-corrected chi connectivity index (χ2v) is 4.28. The molecule has 0 amide bonds. The van der Waals surface area contributed by atoms with Crippen LogP contribution in [-0.4, -0.2) is 23.8 Å². The van der Waals surface area contributed by atoms with Gasteiger partial charge in [-0.25, -0.2) is 0 Å². The van der Waals surface area contributed by atoms with Crippen molar-refractivity contribution < 1.29 is 8.78 Å². The SMILES string of the molecule is C=CCC(F)(F)C1=N[C@H]2CCCC[C@H]2N1. The van der Waals surface area contributed by atoms with Crippen LogP contribution in [0.5, 0.6) is 0 Å². The molecule has 2 rings (SSSR count). The molecule has 4 heteroatoms. The number of nitrogens with zero attached hydrogens (tertiary/aromatic N) is 1. The summed E-state index contributed by atoms with van der Waals surface area (Å²) >= 11 is 0. The molecular weight excluding hydrogens is 198 g/mol. The summed E-state index contributed by atoms with van der Waals surface area (Å²) in [7, 11) is 0. The second kappa shape index (κ2) is 3.91. The molecule has 0 aromatic heterocycles. The highest BCUT2D eigenvalue weighted by Gasteiger charge is 2.42. The average molecular weight is 214 g/mol. The van der Waals surface area contributed by atoms with Gasteiger partial charge < -0.3 is 5.32 Å². The number of allylic oxidation sites excluding steroid dienone is 1. The lowest BCUT2D eigenvalue weighted by Crippen LogP contribution is -2.43. The van der Waals surface area contributed by atoms with Crippen LogP contribution in [0.3, 0.4) is 0 Å². The van der Waals surface area contributed by atoms with E-state index >= 15 is 0 Å². The molecule has 2 nitrogen and oxygen atoms in total. The zero-order valence-electron chi connectivity index (χ0n) is 8.68. The summed E-state index contributed by atoms with van der Waals surface area (Å²) in [5.41, 5.74) is 0. The molecule has 0 saturated heterocycles. The highest BCUT2D eigenvalue weighted by Crippen LogP contribution is 2.30. The van der Waals surface area contributed by atoms with Gasteiger partial charge in [-0.1, -0.05) is 18.9 Å². The van der Waals surface area contributed by atoms with Gasteiger partial charge in [-0.3, -0.25) is 4.99 Å². The van der Waals surface area contributed by atoms with Gasteiger partial charge in [0.05, 0.1) is 6.04 Å². The Hall–Kier alpha value is -0.930. The smallest absolute Gasteiger partial charge is 0.307 e. The van der Waals surface area contributed by atoms with Crippen molar-refractivity contribution in [2.24, 2.45) is 4.99 Å². The Morgan fingerprint density at radius 1 is 1.47 bits per heavy atom. The maximum atomic E-state index is 13.5. The number of halogens is 2. The molecule has 1 N–H and O–H groups in total. The van der Waals surface area contributed by atoms with E-state index in [2.05, 4.69) is 16.9 Å². The molecule has 1 fully saturated rings. The highest BCUT2D eigenvalue weighted by atomic mass is 19.3. The summed E-state index contributed by atoms with van der Waals surface area (Å²) in [6.45, 7) is 3.35. The van der Waals surface area contributed by atoms with Crippen molar-refractivity contribution in [3.8, 4) is 0 Å². The molecule has 15 heavy (non-hydrogen) atoms. The number of alkyl halides is 2. The Kier molecular flexibility index (Phi) is 2.76. The number of rotatable bonds is 3. The van der Waals surface area contributed by atoms with Crippen LogP contribution >= 0.6 is 0 Å². The molecular formula is C11H16F2N2. The molecule has 1 heterocycles. The summed E-state index contributed by atoms with van der Waals surface area (Å²) in [4.78, 5) is 4.11. The lowest BCUT2D eigenvalue weighted by Gasteiger charge is -2.23. The standard InChI is InChI=1S/C11H16F2N2/c1-2-7-11(12,13)10-14-8-5-3-4-6-9(8)15-10/h2,8-9H,1,3-7H2,(H,14,15)/t8-,9+. The summed E-state index contributed by atoms with van der Waals surface area (Å²) in [6, 6.07) is 0.217. The van der Waals surface area contributed by atoms with Crippen LogP contribution in [0.25, 0.3) is 0 Å². The van der Waals surface area contributed by atoms with E-state index in [1.54, 1.807) is 0 Å². The fourth-order valence-electron chi connectivity index (χ4n) is 2.29. The predicted molar refractivity (Wildman–Crippen MR) is 56.4 cm³/mol. The Morgan fingerprint density at radius 3 is 2.87 bits per heavy atom. The molecule has 0 radical (unpaired) electrons. The van der Waals surface area contributed by atoms with Crippen LogP contribution in [0.2, 0.25) is 0 Å². The third-order valence-electron chi connectivity index (χ3n) is 3.09. The Morgan fingerprint density at radius 2 is 2.20 bits per heavy atom. The van der Waals surface area contributed by atoms with E-state index in [0.29, 0.717) is 0 Å². The first kappa shape index (κ1) is 10.6. The van der Waals surface area contributed by atoms with E-state index in [9.17, 15) is 8.78 Å². The van der Waals surface area contributed by atoms with Gasteiger partial charge in [0, 0.05) is 12.5 Å². The number of nitrogens with one attached hydrogen (secondary N) is 1. The van der Waals surface area contributed by atoms with Gasteiger partial charge in [0.1, 0.15) is 0 Å². The molecule has 2 atom stereocenters. The number of hydrogen-bond acceptors (Lipinski definition) is 2. The molecule has 84 valence electrons. The van der Waals surface area contributed by atoms with Gasteiger partial charge >= 0.3 is 5.92 Å². The van der Waals surface area contributed by atoms with E-state index in [0.717, 1.165) is 25.7 Å². The Balaban J connectivity index is 2.08. The lowest BCUT2D eigenvalue weighted by molar-refractivity contribution is 0.0780. The van der Waals surface area contributed by atoms with E-state index in [4.69, 9.17) is 0 Å². The van der Waals surface area contributed by atoms with Crippen LogP contribution in [0.15, 0.2) is 17.6 Å². The number of aliphatic imine (C=N–C) groups is 1. The fraction of sp³-hybridized carbons (Fsp3) is 0.727. The first-order chi connectivity index (χ1) is 7.13. The van der Waals surface area contributed by atoms with Crippen molar-refractivity contribution in [2.45, 2.75) is 50.1 Å². The van der Waals surface area contributed by atoms with Crippen molar-refractivity contribution >= 4 is 5.84 Å². The van der Waals surface area contributed by atoms with E-state index in [1.807, 2.05) is 0 Å².